The van der Waals surface area contributed by atoms with E-state index in [1.165, 1.54) is 0 Å². The third-order valence-electron chi connectivity index (χ3n) is 4.49. The third-order valence-corrected chi connectivity index (χ3v) is 4.49. The maximum absolute atomic E-state index is 12.3. The van der Waals surface area contributed by atoms with Gasteiger partial charge in [-0.2, -0.15) is 0 Å². The van der Waals surface area contributed by atoms with Gasteiger partial charge in [0.2, 0.25) is 0 Å². The summed E-state index contributed by atoms with van der Waals surface area (Å²) in [6, 6.07) is 9.98. The second-order valence-electron chi connectivity index (χ2n) is 6.41. The monoisotopic (exact) mass is 348 g/mol. The molecule has 2 aromatic heterocycles. The number of carbonyl (C=O) groups excluding carboxylic acids is 1. The fourth-order valence-corrected chi connectivity index (χ4v) is 3.10. The van der Waals surface area contributed by atoms with E-state index in [1.807, 2.05) is 36.5 Å². The van der Waals surface area contributed by atoms with Crippen molar-refractivity contribution in [3.8, 4) is 11.1 Å². The highest BCUT2D eigenvalue weighted by Gasteiger charge is 2.15. The first-order valence-corrected chi connectivity index (χ1v) is 8.76. The van der Waals surface area contributed by atoms with E-state index < -0.39 is 0 Å². The predicted octanol–water partition coefficient (Wildman–Crippen LogP) is 2.14. The highest BCUT2D eigenvalue weighted by Crippen LogP contribution is 2.22. The molecule has 0 N–H and O–H groups in total. The van der Waals surface area contributed by atoms with E-state index in [-0.39, 0.29) is 12.2 Å². The predicted molar refractivity (Wildman–Crippen MR) is 98.7 cm³/mol. The molecule has 0 atom stereocenters. The Bertz CT molecular complexity index is 908. The molecule has 1 aliphatic heterocycles. The fourth-order valence-electron chi connectivity index (χ4n) is 3.10. The van der Waals surface area contributed by atoms with E-state index in [0.29, 0.717) is 25.6 Å². The highest BCUT2D eigenvalue weighted by molar-refractivity contribution is 5.85. The van der Waals surface area contributed by atoms with E-state index in [1.54, 1.807) is 12.4 Å². The number of fused-ring (bicyclic) bond motifs is 1. The van der Waals surface area contributed by atoms with E-state index in [0.717, 1.165) is 35.1 Å². The first-order chi connectivity index (χ1) is 12.8. The van der Waals surface area contributed by atoms with Crippen molar-refractivity contribution >= 4 is 16.7 Å². The average Bonchev–Trinajstić information content (AvgIpc) is 2.69. The first kappa shape index (κ1) is 16.8. The van der Waals surface area contributed by atoms with Crippen LogP contribution in [0.5, 0.6) is 0 Å². The smallest absolute Gasteiger partial charge is 0.154 e. The molecule has 3 heterocycles. The number of hydrogen-bond acceptors (Lipinski definition) is 6. The Hall–Kier alpha value is -2.70. The van der Waals surface area contributed by atoms with Gasteiger partial charge in [-0.15, -0.1) is 0 Å². The second-order valence-corrected chi connectivity index (χ2v) is 6.41. The molecule has 1 aliphatic rings. The van der Waals surface area contributed by atoms with Crippen molar-refractivity contribution in [2.24, 2.45) is 0 Å². The molecule has 3 aromatic rings. The third kappa shape index (κ3) is 3.92. The van der Waals surface area contributed by atoms with Crippen LogP contribution in [0, 0.1) is 0 Å². The molecule has 0 radical (unpaired) electrons. The van der Waals surface area contributed by atoms with Crippen LogP contribution < -0.4 is 0 Å². The van der Waals surface area contributed by atoms with Crippen LogP contribution in [0.4, 0.5) is 0 Å². The van der Waals surface area contributed by atoms with E-state index >= 15 is 0 Å². The van der Waals surface area contributed by atoms with Gasteiger partial charge in [0.15, 0.2) is 5.78 Å². The molecule has 26 heavy (non-hydrogen) atoms. The van der Waals surface area contributed by atoms with E-state index in [2.05, 4.69) is 19.9 Å². The minimum absolute atomic E-state index is 0.134. The lowest BCUT2D eigenvalue weighted by Crippen LogP contribution is -2.40. The van der Waals surface area contributed by atoms with Crippen molar-refractivity contribution in [1.29, 1.82) is 0 Å². The highest BCUT2D eigenvalue weighted by atomic mass is 16.5. The van der Waals surface area contributed by atoms with Gasteiger partial charge in [-0.05, 0) is 17.7 Å². The van der Waals surface area contributed by atoms with Gasteiger partial charge in [-0.25, -0.2) is 9.97 Å². The van der Waals surface area contributed by atoms with Crippen molar-refractivity contribution in [3.05, 3.63) is 54.7 Å². The minimum atomic E-state index is 0.134. The van der Waals surface area contributed by atoms with Crippen molar-refractivity contribution in [2.75, 3.05) is 32.8 Å². The number of rotatable bonds is 5. The average molecular weight is 348 g/mol. The van der Waals surface area contributed by atoms with Crippen molar-refractivity contribution in [1.82, 2.24) is 19.9 Å². The Kier molecular flexibility index (Phi) is 4.95. The molecule has 0 amide bonds. The zero-order valence-electron chi connectivity index (χ0n) is 14.5. The Balaban J connectivity index is 1.51. The molecule has 0 aliphatic carbocycles. The van der Waals surface area contributed by atoms with Gasteiger partial charge >= 0.3 is 0 Å². The van der Waals surface area contributed by atoms with Gasteiger partial charge in [0.1, 0.15) is 5.82 Å². The summed E-state index contributed by atoms with van der Waals surface area (Å²) in [5.74, 6) is 0.703. The molecule has 0 unspecified atom stereocenters. The number of ether oxygens (including phenoxy) is 1. The second kappa shape index (κ2) is 7.68. The van der Waals surface area contributed by atoms with Crippen LogP contribution in [0.25, 0.3) is 22.0 Å². The van der Waals surface area contributed by atoms with E-state index in [9.17, 15) is 4.79 Å². The molecular formula is C20H20N4O2. The summed E-state index contributed by atoms with van der Waals surface area (Å²) in [7, 11) is 0. The molecule has 1 saturated heterocycles. The Morgan fingerprint density at radius 2 is 2.00 bits per heavy atom. The van der Waals surface area contributed by atoms with Crippen molar-refractivity contribution in [2.45, 2.75) is 6.42 Å². The summed E-state index contributed by atoms with van der Waals surface area (Å²) in [5, 5.41) is 0.960. The molecule has 0 bridgehead atoms. The number of benzene rings is 1. The molecule has 0 saturated carbocycles. The van der Waals surface area contributed by atoms with Crippen LogP contribution in [0.3, 0.4) is 0 Å². The van der Waals surface area contributed by atoms with Gasteiger partial charge in [-0.3, -0.25) is 14.7 Å². The summed E-state index contributed by atoms with van der Waals surface area (Å²) < 4.78 is 5.31. The number of morpholine rings is 1. The SMILES string of the molecule is O=C(Cc1ncc2ccc(-c3cccnc3)cc2n1)CN1CCOCC1. The van der Waals surface area contributed by atoms with Crippen LogP contribution in [0.2, 0.25) is 0 Å². The van der Waals surface area contributed by atoms with Crippen LogP contribution in [0.1, 0.15) is 5.82 Å². The summed E-state index contributed by atoms with van der Waals surface area (Å²) in [4.78, 5) is 27.6. The summed E-state index contributed by atoms with van der Waals surface area (Å²) in [5.41, 5.74) is 2.93. The Morgan fingerprint density at radius 3 is 2.81 bits per heavy atom. The summed E-state index contributed by atoms with van der Waals surface area (Å²) in [6.07, 6.45) is 5.62. The Morgan fingerprint density at radius 1 is 1.12 bits per heavy atom. The summed E-state index contributed by atoms with van der Waals surface area (Å²) >= 11 is 0. The molecular weight excluding hydrogens is 328 g/mol. The van der Waals surface area contributed by atoms with Gasteiger partial charge in [0.25, 0.3) is 0 Å². The number of Topliss-reactive ketones (excluding diaryl/α,β-unsaturated/α-hetero) is 1. The molecule has 6 heteroatoms. The quantitative estimate of drug-likeness (QED) is 0.704. The van der Waals surface area contributed by atoms with Crippen LogP contribution >= 0.6 is 0 Å². The lowest BCUT2D eigenvalue weighted by Gasteiger charge is -2.25. The lowest BCUT2D eigenvalue weighted by molar-refractivity contribution is -0.120. The van der Waals surface area contributed by atoms with Gasteiger partial charge in [0, 0.05) is 42.6 Å². The zero-order valence-corrected chi connectivity index (χ0v) is 14.5. The minimum Gasteiger partial charge on any atom is -0.379 e. The van der Waals surface area contributed by atoms with Gasteiger partial charge < -0.3 is 4.74 Å². The largest absolute Gasteiger partial charge is 0.379 e. The van der Waals surface area contributed by atoms with Crippen LogP contribution in [-0.2, 0) is 16.0 Å². The lowest BCUT2D eigenvalue weighted by atomic mass is 10.1. The number of pyridine rings is 1. The number of aromatic nitrogens is 3. The summed E-state index contributed by atoms with van der Waals surface area (Å²) in [6.45, 7) is 3.42. The van der Waals surface area contributed by atoms with Crippen molar-refractivity contribution in [3.63, 3.8) is 0 Å². The maximum atomic E-state index is 12.3. The van der Waals surface area contributed by atoms with Crippen LogP contribution in [-0.4, -0.2) is 58.5 Å². The Labute approximate surface area is 151 Å². The molecule has 6 nitrogen and oxygen atoms in total. The number of ketones is 1. The maximum Gasteiger partial charge on any atom is 0.154 e. The topological polar surface area (TPSA) is 68.2 Å². The van der Waals surface area contributed by atoms with Crippen LogP contribution in [0.15, 0.2) is 48.9 Å². The first-order valence-electron chi connectivity index (χ1n) is 8.76. The molecule has 1 fully saturated rings. The number of nitrogens with zero attached hydrogens (tertiary/aromatic N) is 4. The number of hydrogen-bond donors (Lipinski definition) is 0. The van der Waals surface area contributed by atoms with Crippen molar-refractivity contribution < 1.29 is 9.53 Å². The fraction of sp³-hybridized carbons (Fsp3) is 0.300. The number of carbonyl (C=O) groups is 1. The van der Waals surface area contributed by atoms with E-state index in [4.69, 9.17) is 4.74 Å². The zero-order chi connectivity index (χ0) is 17.8. The normalized spacial score (nSPS) is 15.2. The standard InChI is InChI=1S/C20H20N4O2/c25-18(14-24-6-8-26-9-7-24)11-20-22-13-17-4-3-15(10-19(17)23-20)16-2-1-5-21-12-16/h1-5,10,12-13H,6-9,11,14H2. The molecule has 1 aromatic carbocycles. The molecule has 4 rings (SSSR count). The molecule has 132 valence electrons. The van der Waals surface area contributed by atoms with Gasteiger partial charge in [0.05, 0.1) is 31.7 Å². The molecule has 0 spiro atoms. The van der Waals surface area contributed by atoms with Gasteiger partial charge in [-0.1, -0.05) is 18.2 Å².